The third-order valence-corrected chi connectivity index (χ3v) is 9.97. The Morgan fingerprint density at radius 3 is 2.38 bits per heavy atom. The average Bonchev–Trinajstić information content (AvgIpc) is 3.52. The summed E-state index contributed by atoms with van der Waals surface area (Å²) in [6.45, 7) is 7.84. The molecule has 0 bridgehead atoms. The van der Waals surface area contributed by atoms with Gasteiger partial charge < -0.3 is 9.47 Å². The number of anilines is 1. The Balaban J connectivity index is 1.56. The molecule has 6 rings (SSSR count). The van der Waals surface area contributed by atoms with Gasteiger partial charge in [-0.3, -0.25) is 14.5 Å². The molecule has 5 heterocycles. The Hall–Kier alpha value is -3.29. The zero-order valence-electron chi connectivity index (χ0n) is 24.1. The van der Waals surface area contributed by atoms with Gasteiger partial charge in [-0.25, -0.2) is 23.2 Å². The number of halogens is 1. The number of piperazine rings is 1. The summed E-state index contributed by atoms with van der Waals surface area (Å²) in [7, 11) is -3.34. The van der Waals surface area contributed by atoms with Crippen molar-refractivity contribution < 1.29 is 12.9 Å². The zero-order chi connectivity index (χ0) is 29.8. The van der Waals surface area contributed by atoms with Crippen LogP contribution in [0.15, 0.2) is 33.8 Å². The van der Waals surface area contributed by atoms with E-state index >= 15 is 0 Å². The highest BCUT2D eigenvalue weighted by atomic mass is 35.5. The summed E-state index contributed by atoms with van der Waals surface area (Å²) in [5, 5.41) is 4.33. The maximum atomic E-state index is 12.4. The smallest absolute Gasteiger partial charge is 0.334 e. The minimum atomic E-state index is -3.34. The molecule has 2 aliphatic rings. The normalized spacial score (nSPS) is 24.0. The molecule has 14 heteroatoms. The molecule has 2 atom stereocenters. The van der Waals surface area contributed by atoms with Crippen LogP contribution in [0.25, 0.3) is 33.8 Å². The first-order valence-corrected chi connectivity index (χ1v) is 16.5. The van der Waals surface area contributed by atoms with Gasteiger partial charge in [-0.15, -0.1) is 0 Å². The van der Waals surface area contributed by atoms with E-state index in [0.717, 1.165) is 30.9 Å². The molecule has 0 aromatic carbocycles. The lowest BCUT2D eigenvalue weighted by Crippen LogP contribution is -2.58. The largest absolute Gasteiger partial charge is 0.439 e. The Bertz CT molecular complexity index is 1760. The molecule has 0 spiro atoms. The summed E-state index contributed by atoms with van der Waals surface area (Å²) in [5.41, 5.74) is 3.21. The molecule has 12 nitrogen and oxygen atoms in total. The molecule has 4 aromatic rings. The number of hydrogen-bond donors (Lipinski definition) is 1. The molecule has 1 aliphatic heterocycles. The third kappa shape index (κ3) is 5.57. The van der Waals surface area contributed by atoms with Gasteiger partial charge in [0.15, 0.2) is 0 Å². The zero-order valence-corrected chi connectivity index (χ0v) is 25.7. The summed E-state index contributed by atoms with van der Waals surface area (Å²) in [5.74, 6) is 1.45. The van der Waals surface area contributed by atoms with Crippen LogP contribution in [0.1, 0.15) is 46.5 Å². The van der Waals surface area contributed by atoms with Crippen LogP contribution < -0.4 is 10.7 Å². The van der Waals surface area contributed by atoms with Crippen LogP contribution in [-0.2, 0) is 16.6 Å². The van der Waals surface area contributed by atoms with Crippen LogP contribution in [-0.4, -0.2) is 73.8 Å². The Kier molecular flexibility index (Phi) is 7.60. The van der Waals surface area contributed by atoms with Gasteiger partial charge in [-0.2, -0.15) is 4.31 Å². The van der Waals surface area contributed by atoms with Crippen molar-refractivity contribution in [1.82, 2.24) is 34.0 Å². The highest BCUT2D eigenvalue weighted by molar-refractivity contribution is 7.88. The molecule has 4 aromatic heterocycles. The Morgan fingerprint density at radius 1 is 1.05 bits per heavy atom. The molecular weight excluding hydrogens is 580 g/mol. The summed E-state index contributed by atoms with van der Waals surface area (Å²) in [6.07, 6.45) is 9.13. The number of rotatable bonds is 6. The summed E-state index contributed by atoms with van der Waals surface area (Å²) < 4.78 is 33.4. The average molecular weight is 615 g/mol. The lowest BCUT2D eigenvalue weighted by molar-refractivity contribution is 0.262. The van der Waals surface area contributed by atoms with Crippen LogP contribution in [0, 0.1) is 11.8 Å². The summed E-state index contributed by atoms with van der Waals surface area (Å²) in [6, 6.07) is 3.36. The van der Waals surface area contributed by atoms with Gasteiger partial charge in [0.1, 0.15) is 5.69 Å². The maximum Gasteiger partial charge on any atom is 0.439 e. The van der Waals surface area contributed by atoms with Crippen molar-refractivity contribution in [3.63, 3.8) is 0 Å². The molecule has 42 heavy (non-hydrogen) atoms. The van der Waals surface area contributed by atoms with E-state index in [1.165, 1.54) is 23.4 Å². The minimum absolute atomic E-state index is 0.124. The second kappa shape index (κ2) is 11.1. The fourth-order valence-corrected chi connectivity index (χ4v) is 7.57. The molecule has 1 aliphatic carbocycles. The van der Waals surface area contributed by atoms with Gasteiger partial charge in [-0.05, 0) is 50.7 Å². The monoisotopic (exact) mass is 614 g/mol. The molecule has 0 radical (unpaired) electrons. The molecule has 0 amide bonds. The third-order valence-electron chi connectivity index (χ3n) is 8.53. The number of aromatic amines is 1. The van der Waals surface area contributed by atoms with E-state index in [4.69, 9.17) is 26.1 Å². The second-order valence-electron chi connectivity index (χ2n) is 11.9. The lowest BCUT2D eigenvalue weighted by Gasteiger charge is -2.44. The van der Waals surface area contributed by atoms with Gasteiger partial charge in [0.2, 0.25) is 21.8 Å². The highest BCUT2D eigenvalue weighted by Crippen LogP contribution is 2.38. The van der Waals surface area contributed by atoms with Crippen LogP contribution >= 0.6 is 11.6 Å². The van der Waals surface area contributed by atoms with Crippen molar-refractivity contribution in [3.05, 3.63) is 40.1 Å². The number of H-pyrrole nitrogens is 1. The molecule has 2 fully saturated rings. The van der Waals surface area contributed by atoms with Gasteiger partial charge in [0, 0.05) is 49.7 Å². The van der Waals surface area contributed by atoms with Crippen molar-refractivity contribution in [1.29, 1.82) is 0 Å². The van der Waals surface area contributed by atoms with Crippen LogP contribution in [0.3, 0.4) is 0 Å². The quantitative estimate of drug-likeness (QED) is 0.338. The summed E-state index contributed by atoms with van der Waals surface area (Å²) >= 11 is 6.38. The fourth-order valence-electron chi connectivity index (χ4n) is 6.43. The lowest BCUT2D eigenvalue weighted by atomic mass is 9.83. The van der Waals surface area contributed by atoms with E-state index in [1.54, 1.807) is 24.5 Å². The number of aromatic nitrogens is 6. The number of nitrogens with one attached hydrogen (secondary N) is 1. The Labute approximate surface area is 249 Å². The van der Waals surface area contributed by atoms with Gasteiger partial charge in [-0.1, -0.05) is 36.5 Å². The van der Waals surface area contributed by atoms with E-state index < -0.39 is 15.8 Å². The number of hydrogen-bond acceptors (Lipinski definition) is 9. The van der Waals surface area contributed by atoms with Gasteiger partial charge >= 0.3 is 5.76 Å². The molecule has 1 N–H and O–H groups in total. The SMILES string of the molecule is CC1CN(S(C)(=O)=O)C[C@@H](C)N1c1nc2cc(-c3noc(=O)[nH]3)nc(-c3cncc(Cl)c3)c2n1C[C@H]1CC[C@H](C)CC1. The van der Waals surface area contributed by atoms with E-state index in [2.05, 4.69) is 31.5 Å². The van der Waals surface area contributed by atoms with Gasteiger partial charge in [0.25, 0.3) is 0 Å². The van der Waals surface area contributed by atoms with E-state index in [-0.39, 0.29) is 17.9 Å². The van der Waals surface area contributed by atoms with Crippen molar-refractivity contribution in [2.24, 2.45) is 11.8 Å². The molecule has 1 saturated carbocycles. The molecule has 1 unspecified atom stereocenters. The maximum absolute atomic E-state index is 12.4. The second-order valence-corrected chi connectivity index (χ2v) is 14.3. The number of sulfonamides is 1. The van der Waals surface area contributed by atoms with Gasteiger partial charge in [0.05, 0.1) is 28.0 Å². The first-order chi connectivity index (χ1) is 20.0. The molecular formula is C28H35ClN8O4S. The van der Waals surface area contributed by atoms with Crippen molar-refractivity contribution in [2.45, 2.75) is 65.1 Å². The van der Waals surface area contributed by atoms with Crippen LogP contribution in [0.2, 0.25) is 5.02 Å². The first-order valence-electron chi connectivity index (χ1n) is 14.3. The van der Waals surface area contributed by atoms with Crippen molar-refractivity contribution >= 4 is 38.6 Å². The summed E-state index contributed by atoms with van der Waals surface area (Å²) in [4.78, 5) is 31.1. The van der Waals surface area contributed by atoms with Crippen LogP contribution in [0.4, 0.5) is 5.95 Å². The standard InChI is InChI=1S/C28H35ClN8O4S/c1-16-5-7-19(8-6-16)15-36-25-22(32-27(36)37-17(2)13-35(14-18(37)3)42(4,39)40)10-23(26-33-28(38)41-34-26)31-24(25)20-9-21(29)12-30-11-20/h9-12,16-19H,5-8,13-15H2,1-4H3,(H,33,34,38)/t16-,17-,18?,19-/m1/s1. The van der Waals surface area contributed by atoms with E-state index in [0.29, 0.717) is 52.4 Å². The number of pyridine rings is 2. The van der Waals surface area contributed by atoms with Crippen molar-refractivity contribution in [3.8, 4) is 22.8 Å². The number of nitrogens with zero attached hydrogens (tertiary/aromatic N) is 7. The number of imidazole rings is 1. The van der Waals surface area contributed by atoms with E-state index in [1.807, 2.05) is 13.8 Å². The topological polar surface area (TPSA) is 143 Å². The Morgan fingerprint density at radius 2 is 1.76 bits per heavy atom. The first kappa shape index (κ1) is 28.8. The minimum Gasteiger partial charge on any atom is -0.334 e. The van der Waals surface area contributed by atoms with Crippen LogP contribution in [0.5, 0.6) is 0 Å². The highest BCUT2D eigenvalue weighted by Gasteiger charge is 2.37. The number of fused-ring (bicyclic) bond motifs is 1. The molecule has 1 saturated heterocycles. The van der Waals surface area contributed by atoms with Crippen molar-refractivity contribution in [2.75, 3.05) is 24.2 Å². The predicted octanol–water partition coefficient (Wildman–Crippen LogP) is 4.17. The molecule has 224 valence electrons. The fraction of sp³-hybridized carbons (Fsp3) is 0.536. The van der Waals surface area contributed by atoms with E-state index in [9.17, 15) is 13.2 Å². The predicted molar refractivity (Wildman–Crippen MR) is 161 cm³/mol.